The van der Waals surface area contributed by atoms with Gasteiger partial charge >= 0.3 is 0 Å². The quantitative estimate of drug-likeness (QED) is 0.590. The van der Waals surface area contributed by atoms with Crippen molar-refractivity contribution in [3.8, 4) is 0 Å². The second kappa shape index (κ2) is 5.16. The molecule has 0 aliphatic rings. The molecule has 1 aromatic carbocycles. The number of rotatable bonds is 3. The number of alkyl halides is 3. The first kappa shape index (κ1) is 12.8. The van der Waals surface area contributed by atoms with Gasteiger partial charge in [-0.3, -0.25) is 4.79 Å². The van der Waals surface area contributed by atoms with Crippen molar-refractivity contribution in [3.63, 3.8) is 0 Å². The zero-order chi connectivity index (χ0) is 11.6. The van der Waals surface area contributed by atoms with E-state index in [9.17, 15) is 13.6 Å². The predicted molar refractivity (Wildman–Crippen MR) is 61.8 cm³/mol. The van der Waals surface area contributed by atoms with Crippen LogP contribution in [0.1, 0.15) is 29.3 Å². The van der Waals surface area contributed by atoms with Gasteiger partial charge in [0.1, 0.15) is 0 Å². The molecule has 0 saturated heterocycles. The molecule has 0 N–H and O–H groups in total. The van der Waals surface area contributed by atoms with Crippen LogP contribution in [0.25, 0.3) is 0 Å². The molecule has 0 aromatic heterocycles. The molecule has 0 amide bonds. The van der Waals surface area contributed by atoms with Crippen LogP contribution in [-0.4, -0.2) is 10.6 Å². The van der Waals surface area contributed by atoms with E-state index in [2.05, 4.69) is 31.9 Å². The average molecular weight is 342 g/mol. The summed E-state index contributed by atoms with van der Waals surface area (Å²) in [4.78, 5) is 11.2. The minimum Gasteiger partial charge on any atom is -0.293 e. The molecule has 1 nitrogen and oxygen atoms in total. The lowest BCUT2D eigenvalue weighted by atomic mass is 10.0. The van der Waals surface area contributed by atoms with Crippen LogP contribution in [0.5, 0.6) is 0 Å². The zero-order valence-corrected chi connectivity index (χ0v) is 11.0. The standard InChI is InChI=1S/C10H8Br2F2O/c1-5(11)9(15)6-3-2-4-7(12)8(6)10(13)14/h2-5,10H,1H3. The van der Waals surface area contributed by atoms with E-state index < -0.39 is 11.3 Å². The highest BCUT2D eigenvalue weighted by atomic mass is 79.9. The Hall–Kier alpha value is -0.290. The third-order valence-electron chi connectivity index (χ3n) is 1.90. The van der Waals surface area contributed by atoms with E-state index in [1.54, 1.807) is 13.0 Å². The number of hydrogen-bond acceptors (Lipinski definition) is 1. The summed E-state index contributed by atoms with van der Waals surface area (Å²) in [6.45, 7) is 1.61. The van der Waals surface area contributed by atoms with Crippen LogP contribution in [0, 0.1) is 0 Å². The maximum atomic E-state index is 12.7. The molecular weight excluding hydrogens is 334 g/mol. The Morgan fingerprint density at radius 3 is 2.47 bits per heavy atom. The third-order valence-corrected chi connectivity index (χ3v) is 3.01. The van der Waals surface area contributed by atoms with E-state index in [-0.39, 0.29) is 21.4 Å². The van der Waals surface area contributed by atoms with E-state index in [1.807, 2.05) is 0 Å². The van der Waals surface area contributed by atoms with Gasteiger partial charge in [0.15, 0.2) is 5.78 Å². The van der Waals surface area contributed by atoms with E-state index in [0.29, 0.717) is 0 Å². The first-order valence-corrected chi connectivity index (χ1v) is 5.91. The molecule has 0 aliphatic heterocycles. The monoisotopic (exact) mass is 340 g/mol. The molecule has 0 spiro atoms. The molecule has 15 heavy (non-hydrogen) atoms. The topological polar surface area (TPSA) is 17.1 Å². The Morgan fingerprint density at radius 1 is 1.40 bits per heavy atom. The fourth-order valence-electron chi connectivity index (χ4n) is 1.19. The SMILES string of the molecule is CC(Br)C(=O)c1cccc(Br)c1C(F)F. The lowest BCUT2D eigenvalue weighted by Gasteiger charge is -2.10. The third kappa shape index (κ3) is 2.84. The largest absolute Gasteiger partial charge is 0.293 e. The van der Waals surface area contributed by atoms with Gasteiger partial charge in [0, 0.05) is 15.6 Å². The number of hydrogen-bond donors (Lipinski definition) is 0. The van der Waals surface area contributed by atoms with Crippen molar-refractivity contribution in [2.75, 3.05) is 0 Å². The maximum Gasteiger partial charge on any atom is 0.265 e. The van der Waals surface area contributed by atoms with E-state index in [1.165, 1.54) is 12.1 Å². The van der Waals surface area contributed by atoms with Gasteiger partial charge in [-0.2, -0.15) is 0 Å². The first-order chi connectivity index (χ1) is 6.95. The van der Waals surface area contributed by atoms with Crippen LogP contribution < -0.4 is 0 Å². The highest BCUT2D eigenvalue weighted by Crippen LogP contribution is 2.31. The van der Waals surface area contributed by atoms with Gasteiger partial charge < -0.3 is 0 Å². The Morgan fingerprint density at radius 2 is 2.00 bits per heavy atom. The number of Topliss-reactive ketones (excluding diaryl/α,β-unsaturated/α-hetero) is 1. The highest BCUT2D eigenvalue weighted by Gasteiger charge is 2.22. The van der Waals surface area contributed by atoms with Crippen molar-refractivity contribution in [1.82, 2.24) is 0 Å². The number of carbonyl (C=O) groups is 1. The molecule has 1 unspecified atom stereocenters. The molecule has 0 radical (unpaired) electrons. The van der Waals surface area contributed by atoms with Gasteiger partial charge in [0.05, 0.1) is 4.83 Å². The second-order valence-corrected chi connectivity index (χ2v) is 5.21. The Labute approximate surface area is 103 Å². The van der Waals surface area contributed by atoms with Crippen LogP contribution in [0.2, 0.25) is 0 Å². The molecule has 0 heterocycles. The summed E-state index contributed by atoms with van der Waals surface area (Å²) >= 11 is 6.09. The van der Waals surface area contributed by atoms with Crippen LogP contribution in [0.4, 0.5) is 8.78 Å². The van der Waals surface area contributed by atoms with Gasteiger partial charge in [-0.25, -0.2) is 8.78 Å². The summed E-state index contributed by atoms with van der Waals surface area (Å²) < 4.78 is 25.7. The fraction of sp³-hybridized carbons (Fsp3) is 0.300. The normalized spacial score (nSPS) is 12.9. The lowest BCUT2D eigenvalue weighted by Crippen LogP contribution is -2.13. The number of benzene rings is 1. The molecule has 0 bridgehead atoms. The summed E-state index contributed by atoms with van der Waals surface area (Å²) in [6.07, 6.45) is -2.66. The molecule has 0 aliphatic carbocycles. The number of ketones is 1. The average Bonchev–Trinajstić information content (AvgIpc) is 2.15. The van der Waals surface area contributed by atoms with Crippen molar-refractivity contribution in [2.24, 2.45) is 0 Å². The summed E-state index contributed by atoms with van der Waals surface area (Å²) in [5, 5.41) is 0. The molecular formula is C10H8Br2F2O. The van der Waals surface area contributed by atoms with Gasteiger partial charge in [-0.15, -0.1) is 0 Å². The van der Waals surface area contributed by atoms with E-state index in [0.717, 1.165) is 0 Å². The molecule has 1 atom stereocenters. The minimum absolute atomic E-state index is 0.0590. The summed E-state index contributed by atoms with van der Waals surface area (Å²) in [6, 6.07) is 4.47. The van der Waals surface area contributed by atoms with Crippen molar-refractivity contribution in [3.05, 3.63) is 33.8 Å². The Bertz CT molecular complexity index is 378. The predicted octanol–water partition coefficient (Wildman–Crippen LogP) is 4.35. The van der Waals surface area contributed by atoms with Crippen molar-refractivity contribution in [2.45, 2.75) is 18.2 Å². The maximum absolute atomic E-state index is 12.7. The van der Waals surface area contributed by atoms with Gasteiger partial charge in [-0.1, -0.05) is 44.0 Å². The number of carbonyl (C=O) groups excluding carboxylic acids is 1. The minimum atomic E-state index is -2.66. The van der Waals surface area contributed by atoms with Crippen LogP contribution in [0.15, 0.2) is 22.7 Å². The molecule has 0 saturated carbocycles. The highest BCUT2D eigenvalue weighted by molar-refractivity contribution is 9.10. The van der Waals surface area contributed by atoms with Crippen LogP contribution in [-0.2, 0) is 0 Å². The van der Waals surface area contributed by atoms with Gasteiger partial charge in [0.25, 0.3) is 6.43 Å². The van der Waals surface area contributed by atoms with Crippen molar-refractivity contribution >= 4 is 37.6 Å². The first-order valence-electron chi connectivity index (χ1n) is 4.20. The summed E-state index contributed by atoms with van der Waals surface area (Å²) in [5.41, 5.74) is -0.183. The van der Waals surface area contributed by atoms with Gasteiger partial charge in [0.2, 0.25) is 0 Å². The fourth-order valence-corrected chi connectivity index (χ4v) is 1.97. The molecule has 0 fully saturated rings. The van der Waals surface area contributed by atoms with Crippen LogP contribution in [0.3, 0.4) is 0 Å². The van der Waals surface area contributed by atoms with Crippen molar-refractivity contribution in [1.29, 1.82) is 0 Å². The second-order valence-electron chi connectivity index (χ2n) is 2.98. The Kier molecular flexibility index (Phi) is 4.40. The zero-order valence-electron chi connectivity index (χ0n) is 7.81. The molecule has 82 valence electrons. The smallest absolute Gasteiger partial charge is 0.265 e. The molecule has 5 heteroatoms. The summed E-state index contributed by atoms with van der Waals surface area (Å²) in [5.74, 6) is -0.341. The lowest BCUT2D eigenvalue weighted by molar-refractivity contribution is 0.0981. The van der Waals surface area contributed by atoms with Crippen molar-refractivity contribution < 1.29 is 13.6 Å². The molecule has 1 rings (SSSR count). The van der Waals surface area contributed by atoms with E-state index in [4.69, 9.17) is 0 Å². The van der Waals surface area contributed by atoms with Crippen LogP contribution >= 0.6 is 31.9 Å². The Balaban J connectivity index is 3.29. The van der Waals surface area contributed by atoms with Gasteiger partial charge in [-0.05, 0) is 13.0 Å². The summed E-state index contributed by atoms with van der Waals surface area (Å²) in [7, 11) is 0. The molecule has 1 aromatic rings. The van der Waals surface area contributed by atoms with E-state index >= 15 is 0 Å². The number of halogens is 4.